The number of nitrogens with zero attached hydrogens (tertiary/aromatic N) is 2. The molecule has 0 unspecified atom stereocenters. The quantitative estimate of drug-likeness (QED) is 0.112. The van der Waals surface area contributed by atoms with E-state index in [-0.39, 0.29) is 96.5 Å². The largest absolute Gasteiger partial charge is 0.542 e. The first-order valence-corrected chi connectivity index (χ1v) is 16.0. The van der Waals surface area contributed by atoms with Gasteiger partial charge in [-0.15, -0.1) is 6.42 Å². The molecule has 0 aromatic heterocycles. The van der Waals surface area contributed by atoms with Gasteiger partial charge in [-0.3, -0.25) is 20.7 Å². The Morgan fingerprint density at radius 2 is 1.00 bits per heavy atom. The van der Waals surface area contributed by atoms with Gasteiger partial charge in [0, 0.05) is 107 Å². The van der Waals surface area contributed by atoms with Gasteiger partial charge in [0.05, 0.1) is 24.5 Å². The molecule has 0 aliphatic carbocycles. The molecule has 0 saturated carbocycles. The summed E-state index contributed by atoms with van der Waals surface area (Å²) in [7, 11) is 0. The topological polar surface area (TPSA) is 84.0 Å². The minimum absolute atomic E-state index is 0. The average molecular weight is 846 g/mol. The maximum absolute atomic E-state index is 12.5. The van der Waals surface area contributed by atoms with Crippen LogP contribution in [0.1, 0.15) is 59.1 Å². The summed E-state index contributed by atoms with van der Waals surface area (Å²) in [6.07, 6.45) is 1.51. The van der Waals surface area contributed by atoms with Crippen molar-refractivity contribution in [3.05, 3.63) is 144 Å². The monoisotopic (exact) mass is 845 g/mol. The van der Waals surface area contributed by atoms with Crippen LogP contribution in [0, 0.1) is 37.5 Å². The second-order valence-corrected chi connectivity index (χ2v) is 10.9. The number of hydrogen-bond donors (Lipinski definition) is 0. The van der Waals surface area contributed by atoms with Crippen molar-refractivity contribution in [3.8, 4) is 23.7 Å². The molecule has 2 amide bonds. The van der Waals surface area contributed by atoms with Gasteiger partial charge in [-0.1, -0.05) is 97.6 Å². The van der Waals surface area contributed by atoms with Crippen LogP contribution < -0.4 is 9.80 Å². The molecular weight excluding hydrogens is 809 g/mol. The molecule has 0 N–H and O–H groups in total. The first-order valence-electron chi connectivity index (χ1n) is 16.0. The van der Waals surface area contributed by atoms with Gasteiger partial charge in [-0.25, -0.2) is 0 Å². The number of ether oxygens (including phenoxy) is 1. The third-order valence-corrected chi connectivity index (χ3v) is 7.61. The van der Waals surface area contributed by atoms with Crippen molar-refractivity contribution in [2.45, 2.75) is 38.8 Å². The molecule has 10 heteroatoms. The number of hydrogen-bond acceptors (Lipinski definition) is 5. The number of benzene rings is 4. The molecule has 0 spiro atoms. The van der Waals surface area contributed by atoms with Gasteiger partial charge in [-0.05, 0) is 47.5 Å². The number of halogens is 1. The van der Waals surface area contributed by atoms with E-state index in [4.69, 9.17) is 0 Å². The summed E-state index contributed by atoms with van der Waals surface area (Å²) in [5.41, 5.74) is 6.76. The summed E-state index contributed by atoms with van der Waals surface area (Å²) in [5.74, 6) is 12.2. The van der Waals surface area contributed by atoms with Crippen LogP contribution in [-0.2, 0) is 102 Å². The maximum atomic E-state index is 12.5. The van der Waals surface area contributed by atoms with E-state index in [1.54, 1.807) is 16.1 Å². The van der Waals surface area contributed by atoms with E-state index < -0.39 is 12.5 Å². The Morgan fingerprint density at radius 3 is 1.40 bits per heavy atom. The van der Waals surface area contributed by atoms with Crippen LogP contribution in [0.2, 0.25) is 0 Å². The molecule has 2 heterocycles. The smallest absolute Gasteiger partial charge is 0.302 e. The number of fused-ring (bicyclic) bond motifs is 4. The number of para-hydroxylation sites is 2. The molecule has 0 atom stereocenters. The fourth-order valence-electron chi connectivity index (χ4n) is 5.15. The zero-order valence-corrected chi connectivity index (χ0v) is 34.5. The van der Waals surface area contributed by atoms with Crippen molar-refractivity contribution in [2.75, 3.05) is 23.0 Å². The van der Waals surface area contributed by atoms with Gasteiger partial charge in [0.15, 0.2) is 0 Å². The van der Waals surface area contributed by atoms with Gasteiger partial charge in [0.25, 0.3) is 0 Å². The standard InChI is InChI=1S/C19H14FNO2.C19H14NO2.C4H8O.2Y/c20-18(22)11-12-19(23)21-13-16-7-2-1-5-14(16)9-10-15-6-3-4-8-17(15)21;21-13-5-10-19(22)20-14-17-8-2-1-6-15(17)11-12-16-7-3-4-9-18(16)20;1-3-5-4-2;;/h1-8H,11-13H2;1-4,6-9H,5,10,14H2;1-4H2;;/q;-1;-2;;. The Morgan fingerprint density at radius 1 is 0.615 bits per heavy atom. The number of carbonyl (C=O) groups excluding carboxylic acids is 4. The normalized spacial score (nSPS) is 11.3. The Balaban J connectivity index is 0.000000309. The summed E-state index contributed by atoms with van der Waals surface area (Å²) < 4.78 is 17.1. The third-order valence-electron chi connectivity index (χ3n) is 7.61. The molecule has 2 radical (unpaired) electrons. The van der Waals surface area contributed by atoms with Crippen molar-refractivity contribution in [1.82, 2.24) is 0 Å². The summed E-state index contributed by atoms with van der Waals surface area (Å²) >= 11 is 0. The predicted octanol–water partition coefficient (Wildman–Crippen LogP) is 6.70. The molecule has 4 aromatic carbocycles. The van der Waals surface area contributed by atoms with Gasteiger partial charge < -0.3 is 33.2 Å². The van der Waals surface area contributed by atoms with E-state index in [9.17, 15) is 23.6 Å². The third kappa shape index (κ3) is 13.1. The van der Waals surface area contributed by atoms with Crippen molar-refractivity contribution in [1.29, 1.82) is 0 Å². The molecule has 52 heavy (non-hydrogen) atoms. The number of rotatable bonds is 8. The van der Waals surface area contributed by atoms with E-state index >= 15 is 0 Å². The van der Waals surface area contributed by atoms with E-state index in [1.807, 2.05) is 97.1 Å². The second-order valence-electron chi connectivity index (χ2n) is 10.9. The number of carbonyl (C=O) groups is 3. The van der Waals surface area contributed by atoms with Crippen molar-refractivity contribution in [3.63, 3.8) is 0 Å². The zero-order chi connectivity index (χ0) is 35.7. The van der Waals surface area contributed by atoms with Gasteiger partial charge >= 0.3 is 6.04 Å². The Bertz CT molecular complexity index is 1960. The van der Waals surface area contributed by atoms with Crippen LogP contribution in [0.25, 0.3) is 0 Å². The summed E-state index contributed by atoms with van der Waals surface area (Å²) in [5, 5.41) is 0. The number of anilines is 2. The first-order chi connectivity index (χ1) is 24.4. The van der Waals surface area contributed by atoms with E-state index in [1.165, 1.54) is 0 Å². The molecule has 2 aliphatic rings. The van der Waals surface area contributed by atoms with E-state index in [0.717, 1.165) is 39.1 Å². The first kappa shape index (κ1) is 44.5. The molecule has 260 valence electrons. The van der Waals surface area contributed by atoms with Crippen molar-refractivity contribution < 1.29 is 93.7 Å². The molecule has 0 saturated heterocycles. The van der Waals surface area contributed by atoms with Crippen LogP contribution in [0.3, 0.4) is 0 Å². The van der Waals surface area contributed by atoms with Crippen LogP contribution in [-0.4, -0.2) is 37.4 Å². The SMILES string of the molecule is O=C(F)CCC(=O)N1Cc2ccccc2C#Cc2ccccc21.O=[C-]CCC(=O)N1Cc2ccccc2C#Cc2ccccc21.[CH2-]COC[CH2-].[Y].[Y]. The van der Waals surface area contributed by atoms with Gasteiger partial charge in [0.2, 0.25) is 11.8 Å². The van der Waals surface area contributed by atoms with Crippen molar-refractivity contribution in [2.24, 2.45) is 0 Å². The van der Waals surface area contributed by atoms with Gasteiger partial charge in [0.1, 0.15) is 0 Å². The van der Waals surface area contributed by atoms with Crippen LogP contribution in [0.15, 0.2) is 97.1 Å². The predicted molar refractivity (Wildman–Crippen MR) is 192 cm³/mol. The average Bonchev–Trinajstić information content (AvgIpc) is 3.12. The minimum Gasteiger partial charge on any atom is -0.542 e. The summed E-state index contributed by atoms with van der Waals surface area (Å²) in [4.78, 5) is 49.3. The molecule has 7 nitrogen and oxygen atoms in total. The second kappa shape index (κ2) is 23.8. The maximum Gasteiger partial charge on any atom is 0.302 e. The minimum atomic E-state index is -1.47. The molecule has 6 rings (SSSR count). The fourth-order valence-corrected chi connectivity index (χ4v) is 5.15. The van der Waals surface area contributed by atoms with Gasteiger partial charge in [-0.2, -0.15) is 4.39 Å². The molecular formula is C42H36FN2O5Y2-3. The Labute approximate surface area is 355 Å². The molecule has 0 bridgehead atoms. The molecule has 4 aromatic rings. The Kier molecular flexibility index (Phi) is 20.4. The summed E-state index contributed by atoms with van der Waals surface area (Å²) in [6.45, 7) is 8.70. The van der Waals surface area contributed by atoms with E-state index in [2.05, 4.69) is 42.3 Å². The van der Waals surface area contributed by atoms with Crippen molar-refractivity contribution >= 4 is 35.5 Å². The van der Waals surface area contributed by atoms with E-state index in [0.29, 0.717) is 32.0 Å². The zero-order valence-electron chi connectivity index (χ0n) is 28.8. The number of amides is 2. The van der Waals surface area contributed by atoms with Crippen LogP contribution in [0.4, 0.5) is 15.8 Å². The summed E-state index contributed by atoms with van der Waals surface area (Å²) in [6, 6.07) is 28.9. The molecule has 0 fully saturated rings. The molecule has 2 aliphatic heterocycles. The Hall–Kier alpha value is -3.62. The fraction of sp³-hybridized carbons (Fsp3) is 0.190. The van der Waals surface area contributed by atoms with Crippen LogP contribution >= 0.6 is 0 Å². The van der Waals surface area contributed by atoms with Crippen LogP contribution in [0.5, 0.6) is 0 Å².